The summed E-state index contributed by atoms with van der Waals surface area (Å²) in [6, 6.07) is 12.9. The van der Waals surface area contributed by atoms with Gasteiger partial charge in [0.25, 0.3) is 5.91 Å². The number of carbonyl (C=O) groups is 1. The zero-order valence-electron chi connectivity index (χ0n) is 15.6. The van der Waals surface area contributed by atoms with Crippen LogP contribution in [0.4, 0.5) is 19.6 Å². The molecule has 150 valence electrons. The molecule has 0 unspecified atom stereocenters. The highest BCUT2D eigenvalue weighted by Gasteiger charge is 2.22. The van der Waals surface area contributed by atoms with Crippen LogP contribution in [0.15, 0.2) is 53.9 Å². The Hall–Kier alpha value is -3.00. The second kappa shape index (κ2) is 8.57. The van der Waals surface area contributed by atoms with E-state index in [1.54, 1.807) is 29.6 Å². The number of anilines is 2. The third kappa shape index (κ3) is 4.54. The molecule has 1 aliphatic rings. The summed E-state index contributed by atoms with van der Waals surface area (Å²) in [6.45, 7) is 3.01. The summed E-state index contributed by atoms with van der Waals surface area (Å²) < 4.78 is 27.2. The molecule has 0 aliphatic carbocycles. The van der Waals surface area contributed by atoms with Crippen LogP contribution in [0.25, 0.3) is 0 Å². The lowest BCUT2D eigenvalue weighted by molar-refractivity contribution is 0.0946. The van der Waals surface area contributed by atoms with Gasteiger partial charge in [-0.05, 0) is 29.8 Å². The lowest BCUT2D eigenvalue weighted by Gasteiger charge is -2.36. The fourth-order valence-corrected chi connectivity index (χ4v) is 4.14. The number of aromatic nitrogens is 1. The number of hydrogen-bond acceptors (Lipinski definition) is 5. The third-order valence-electron chi connectivity index (χ3n) is 4.81. The van der Waals surface area contributed by atoms with Crippen molar-refractivity contribution in [2.24, 2.45) is 0 Å². The lowest BCUT2D eigenvalue weighted by Crippen LogP contribution is -2.46. The highest BCUT2D eigenvalue weighted by atomic mass is 32.1. The molecule has 1 amide bonds. The van der Waals surface area contributed by atoms with Crippen molar-refractivity contribution < 1.29 is 13.6 Å². The zero-order valence-corrected chi connectivity index (χ0v) is 16.5. The fourth-order valence-electron chi connectivity index (χ4n) is 3.28. The molecule has 1 saturated heterocycles. The predicted molar refractivity (Wildman–Crippen MR) is 111 cm³/mol. The molecule has 1 aliphatic heterocycles. The van der Waals surface area contributed by atoms with E-state index in [-0.39, 0.29) is 24.1 Å². The van der Waals surface area contributed by atoms with Crippen LogP contribution in [0.2, 0.25) is 0 Å². The van der Waals surface area contributed by atoms with Gasteiger partial charge in [-0.2, -0.15) is 0 Å². The number of hydrogen-bond donors (Lipinski definition) is 1. The number of halogens is 2. The number of thiazole rings is 1. The van der Waals surface area contributed by atoms with Crippen molar-refractivity contribution in [3.63, 3.8) is 0 Å². The van der Waals surface area contributed by atoms with Gasteiger partial charge in [0.2, 0.25) is 0 Å². The van der Waals surface area contributed by atoms with Crippen LogP contribution in [-0.2, 0) is 6.54 Å². The van der Waals surface area contributed by atoms with Gasteiger partial charge in [-0.25, -0.2) is 13.8 Å². The summed E-state index contributed by atoms with van der Waals surface area (Å²) in [7, 11) is 0. The number of amides is 1. The van der Waals surface area contributed by atoms with E-state index in [2.05, 4.69) is 15.2 Å². The molecule has 1 fully saturated rings. The highest BCUT2D eigenvalue weighted by molar-refractivity contribution is 7.13. The third-order valence-corrected chi connectivity index (χ3v) is 5.71. The molecule has 2 heterocycles. The summed E-state index contributed by atoms with van der Waals surface area (Å²) in [6.07, 6.45) is 0. The molecule has 1 aromatic heterocycles. The number of benzene rings is 2. The van der Waals surface area contributed by atoms with Gasteiger partial charge in [0.1, 0.15) is 17.3 Å². The van der Waals surface area contributed by atoms with Crippen LogP contribution in [-0.4, -0.2) is 37.1 Å². The maximum Gasteiger partial charge on any atom is 0.271 e. The maximum absolute atomic E-state index is 14.0. The Morgan fingerprint density at radius 2 is 1.79 bits per heavy atom. The average molecular weight is 414 g/mol. The first-order valence-electron chi connectivity index (χ1n) is 9.33. The molecule has 2 aromatic carbocycles. The standard InChI is InChI=1S/C21H20F2N4OS/c22-16-5-3-4-15(12-16)13-24-20(28)18-14-29-21(25-18)27-10-8-26(9-11-27)19-7-2-1-6-17(19)23/h1-7,12,14H,8-11,13H2,(H,24,28). The molecule has 3 aromatic rings. The van der Waals surface area contributed by atoms with Crippen LogP contribution in [0.3, 0.4) is 0 Å². The molecular weight excluding hydrogens is 394 g/mol. The van der Waals surface area contributed by atoms with Crippen molar-refractivity contribution in [2.75, 3.05) is 36.0 Å². The Morgan fingerprint density at radius 3 is 2.55 bits per heavy atom. The number of nitrogens with one attached hydrogen (secondary N) is 1. The molecule has 0 radical (unpaired) electrons. The van der Waals surface area contributed by atoms with E-state index in [0.717, 1.165) is 5.13 Å². The SMILES string of the molecule is O=C(NCc1cccc(F)c1)c1csc(N2CCN(c3ccccc3F)CC2)n1. The van der Waals surface area contributed by atoms with Gasteiger partial charge in [0.15, 0.2) is 5.13 Å². The van der Waals surface area contributed by atoms with Gasteiger partial charge >= 0.3 is 0 Å². The Bertz CT molecular complexity index is 1000. The number of rotatable bonds is 5. The number of piperazine rings is 1. The van der Waals surface area contributed by atoms with Crippen molar-refractivity contribution >= 4 is 28.1 Å². The highest BCUT2D eigenvalue weighted by Crippen LogP contribution is 2.25. The van der Waals surface area contributed by atoms with Crippen LogP contribution < -0.4 is 15.1 Å². The first kappa shape index (κ1) is 19.3. The second-order valence-corrected chi connectivity index (χ2v) is 7.59. The summed E-state index contributed by atoms with van der Waals surface area (Å²) in [5, 5.41) is 5.26. The van der Waals surface area contributed by atoms with E-state index >= 15 is 0 Å². The largest absolute Gasteiger partial charge is 0.366 e. The second-order valence-electron chi connectivity index (χ2n) is 6.75. The summed E-state index contributed by atoms with van der Waals surface area (Å²) in [5.74, 6) is -0.837. The minimum absolute atomic E-state index is 0.215. The van der Waals surface area contributed by atoms with Crippen molar-refractivity contribution in [3.8, 4) is 0 Å². The van der Waals surface area contributed by atoms with Crippen molar-refractivity contribution in [3.05, 3.63) is 76.8 Å². The van der Waals surface area contributed by atoms with E-state index in [1.807, 2.05) is 11.0 Å². The molecule has 1 N–H and O–H groups in total. The summed E-state index contributed by atoms with van der Waals surface area (Å²) in [5.41, 5.74) is 1.65. The predicted octanol–water partition coefficient (Wildman–Crippen LogP) is 3.68. The number of carbonyl (C=O) groups excluding carboxylic acids is 1. The van der Waals surface area contributed by atoms with E-state index in [1.165, 1.54) is 29.5 Å². The van der Waals surface area contributed by atoms with Crippen LogP contribution in [0, 0.1) is 11.6 Å². The molecule has 5 nitrogen and oxygen atoms in total. The minimum atomic E-state index is -0.331. The molecule has 29 heavy (non-hydrogen) atoms. The van der Waals surface area contributed by atoms with Gasteiger partial charge in [-0.15, -0.1) is 11.3 Å². The van der Waals surface area contributed by atoms with E-state index in [4.69, 9.17) is 0 Å². The first-order chi connectivity index (χ1) is 14.1. The van der Waals surface area contributed by atoms with Gasteiger partial charge in [-0.1, -0.05) is 24.3 Å². The van der Waals surface area contributed by atoms with Crippen LogP contribution >= 0.6 is 11.3 Å². The molecule has 0 bridgehead atoms. The maximum atomic E-state index is 14.0. The van der Waals surface area contributed by atoms with Crippen LogP contribution in [0.1, 0.15) is 16.1 Å². The molecule has 4 rings (SSSR count). The smallest absolute Gasteiger partial charge is 0.271 e. The van der Waals surface area contributed by atoms with E-state index in [0.29, 0.717) is 43.1 Å². The molecular formula is C21H20F2N4OS. The molecule has 0 spiro atoms. The summed E-state index contributed by atoms with van der Waals surface area (Å²) >= 11 is 1.41. The van der Waals surface area contributed by atoms with Gasteiger partial charge in [0.05, 0.1) is 5.69 Å². The summed E-state index contributed by atoms with van der Waals surface area (Å²) in [4.78, 5) is 20.9. The Labute approximate surface area is 171 Å². The lowest BCUT2D eigenvalue weighted by atomic mass is 10.2. The van der Waals surface area contributed by atoms with Gasteiger partial charge in [-0.3, -0.25) is 4.79 Å². The Morgan fingerprint density at radius 1 is 1.03 bits per heavy atom. The quantitative estimate of drug-likeness (QED) is 0.692. The van der Waals surface area contributed by atoms with E-state index in [9.17, 15) is 13.6 Å². The molecule has 0 saturated carbocycles. The molecule has 8 heteroatoms. The Balaban J connectivity index is 1.33. The Kier molecular flexibility index (Phi) is 5.71. The van der Waals surface area contributed by atoms with E-state index < -0.39 is 0 Å². The van der Waals surface area contributed by atoms with Gasteiger partial charge < -0.3 is 15.1 Å². The van der Waals surface area contributed by atoms with Gasteiger partial charge in [0, 0.05) is 38.1 Å². The van der Waals surface area contributed by atoms with Crippen molar-refractivity contribution in [2.45, 2.75) is 6.54 Å². The van der Waals surface area contributed by atoms with Crippen molar-refractivity contribution in [1.29, 1.82) is 0 Å². The number of para-hydroxylation sites is 1. The first-order valence-corrected chi connectivity index (χ1v) is 10.2. The minimum Gasteiger partial charge on any atom is -0.366 e. The van der Waals surface area contributed by atoms with Crippen molar-refractivity contribution in [1.82, 2.24) is 10.3 Å². The molecule has 0 atom stereocenters. The average Bonchev–Trinajstić information content (AvgIpc) is 3.23. The monoisotopic (exact) mass is 414 g/mol. The van der Waals surface area contributed by atoms with Crippen LogP contribution in [0.5, 0.6) is 0 Å². The zero-order chi connectivity index (χ0) is 20.2. The fraction of sp³-hybridized carbons (Fsp3) is 0.238. The number of nitrogens with zero attached hydrogens (tertiary/aromatic N) is 3. The topological polar surface area (TPSA) is 48.5 Å². The normalized spacial score (nSPS) is 14.1.